The third-order valence-electron chi connectivity index (χ3n) is 3.32. The van der Waals surface area contributed by atoms with Gasteiger partial charge in [0.1, 0.15) is 22.6 Å². The first-order valence-electron chi connectivity index (χ1n) is 8.23. The Hall–Kier alpha value is -3.02. The van der Waals surface area contributed by atoms with Crippen LogP contribution in [0.5, 0.6) is 11.5 Å². The van der Waals surface area contributed by atoms with Gasteiger partial charge in [0.2, 0.25) is 0 Å². The number of aryl methyl sites for hydroxylation is 2. The number of carbonyl (C=O) groups excluding carboxylic acids is 1. The summed E-state index contributed by atoms with van der Waals surface area (Å²) in [6.45, 7) is 8.32. The zero-order valence-electron chi connectivity index (χ0n) is 15.4. The molecule has 0 aliphatic rings. The van der Waals surface area contributed by atoms with Crippen molar-refractivity contribution in [1.29, 1.82) is 0 Å². The van der Waals surface area contributed by atoms with Gasteiger partial charge in [0, 0.05) is 0 Å². The summed E-state index contributed by atoms with van der Waals surface area (Å²) in [4.78, 5) is 21.9. The van der Waals surface area contributed by atoms with Gasteiger partial charge >= 0.3 is 11.9 Å². The first-order chi connectivity index (χ1) is 12.3. The molecule has 26 heavy (non-hydrogen) atoms. The molecule has 140 valence electrons. The van der Waals surface area contributed by atoms with Crippen molar-refractivity contribution in [1.82, 2.24) is 0 Å². The number of carbonyl (C=O) groups is 2. The first kappa shape index (κ1) is 21.0. The number of carboxylic acids is 1. The largest absolute Gasteiger partial charge is 0.507 e. The van der Waals surface area contributed by atoms with Gasteiger partial charge < -0.3 is 19.7 Å². The van der Waals surface area contributed by atoms with Crippen LogP contribution < -0.4 is 4.74 Å². The van der Waals surface area contributed by atoms with Crippen molar-refractivity contribution < 1.29 is 29.3 Å². The second-order valence-electron chi connectivity index (χ2n) is 5.48. The summed E-state index contributed by atoms with van der Waals surface area (Å²) in [5.74, 6) is -1.03. The molecule has 0 amide bonds. The van der Waals surface area contributed by atoms with Crippen LogP contribution in [0.15, 0.2) is 36.4 Å². The molecule has 2 aromatic rings. The highest BCUT2D eigenvalue weighted by Gasteiger charge is 2.13. The zero-order valence-corrected chi connectivity index (χ0v) is 15.4. The summed E-state index contributed by atoms with van der Waals surface area (Å²) in [7, 11) is 0. The second-order valence-corrected chi connectivity index (χ2v) is 5.48. The third kappa shape index (κ3) is 6.12. The van der Waals surface area contributed by atoms with Gasteiger partial charge in [-0.3, -0.25) is 0 Å². The first-order valence-corrected chi connectivity index (χ1v) is 8.23. The van der Waals surface area contributed by atoms with Crippen LogP contribution >= 0.6 is 0 Å². The predicted molar refractivity (Wildman–Crippen MR) is 98.1 cm³/mol. The van der Waals surface area contributed by atoms with Crippen molar-refractivity contribution in [3.63, 3.8) is 0 Å². The lowest BCUT2D eigenvalue weighted by atomic mass is 10.1. The molecule has 2 rings (SSSR count). The molecule has 0 aliphatic carbocycles. The molecule has 0 heterocycles. The van der Waals surface area contributed by atoms with E-state index in [1.165, 1.54) is 12.1 Å². The lowest BCUT2D eigenvalue weighted by molar-refractivity contribution is 0.0521. The standard InChI is InChI=1S/C12H16O3.C8H8O3/c1-4-14-11-8-9(3)6-7-10(11)12(13)15-5-2;1-5-2-3-6(8(10)11)7(9)4-5/h6-8H,4-5H2,1-3H3;2-4,9H,1H3,(H,10,11). The summed E-state index contributed by atoms with van der Waals surface area (Å²) >= 11 is 0. The van der Waals surface area contributed by atoms with E-state index in [0.29, 0.717) is 24.5 Å². The van der Waals surface area contributed by atoms with Crippen molar-refractivity contribution in [2.45, 2.75) is 27.7 Å². The van der Waals surface area contributed by atoms with Crippen LogP contribution in [0, 0.1) is 13.8 Å². The minimum absolute atomic E-state index is 0.0596. The molecule has 0 radical (unpaired) electrons. The zero-order chi connectivity index (χ0) is 19.7. The smallest absolute Gasteiger partial charge is 0.341 e. The Labute approximate surface area is 153 Å². The number of carboxylic acid groups (broad SMARTS) is 1. The highest BCUT2D eigenvalue weighted by molar-refractivity contribution is 5.92. The second kappa shape index (κ2) is 10.1. The van der Waals surface area contributed by atoms with Crippen molar-refractivity contribution in [3.8, 4) is 11.5 Å². The Morgan fingerprint density at radius 3 is 2.00 bits per heavy atom. The Morgan fingerprint density at radius 1 is 0.923 bits per heavy atom. The maximum atomic E-state index is 11.5. The molecule has 2 N–H and O–H groups in total. The number of rotatable bonds is 5. The predicted octanol–water partition coefficient (Wildman–Crippen LogP) is 3.97. The normalized spacial score (nSPS) is 9.69. The van der Waals surface area contributed by atoms with E-state index in [-0.39, 0.29) is 17.3 Å². The summed E-state index contributed by atoms with van der Waals surface area (Å²) < 4.78 is 10.3. The number of aromatic hydroxyl groups is 1. The van der Waals surface area contributed by atoms with Crippen LogP contribution in [0.2, 0.25) is 0 Å². The van der Waals surface area contributed by atoms with E-state index in [0.717, 1.165) is 11.1 Å². The molecule has 0 atom stereocenters. The van der Waals surface area contributed by atoms with Crippen LogP contribution in [0.25, 0.3) is 0 Å². The maximum absolute atomic E-state index is 11.5. The van der Waals surface area contributed by atoms with Gasteiger partial charge in [-0.1, -0.05) is 12.1 Å². The van der Waals surface area contributed by atoms with E-state index >= 15 is 0 Å². The average Bonchev–Trinajstić information content (AvgIpc) is 2.55. The minimum atomic E-state index is -1.11. The molecular formula is C20H24O6. The van der Waals surface area contributed by atoms with Crippen LogP contribution in [-0.2, 0) is 4.74 Å². The molecule has 0 spiro atoms. The molecule has 2 aromatic carbocycles. The molecule has 0 aliphatic heterocycles. The Kier molecular flexibility index (Phi) is 8.15. The molecule has 0 saturated carbocycles. The molecule has 0 aromatic heterocycles. The minimum Gasteiger partial charge on any atom is -0.507 e. The van der Waals surface area contributed by atoms with E-state index in [1.807, 2.05) is 26.0 Å². The molecule has 6 nitrogen and oxygen atoms in total. The van der Waals surface area contributed by atoms with Gasteiger partial charge in [-0.2, -0.15) is 0 Å². The highest BCUT2D eigenvalue weighted by Crippen LogP contribution is 2.21. The molecule has 0 bridgehead atoms. The Bertz CT molecular complexity index is 767. The summed E-state index contributed by atoms with van der Waals surface area (Å²) in [6.07, 6.45) is 0. The monoisotopic (exact) mass is 360 g/mol. The Morgan fingerprint density at radius 2 is 1.50 bits per heavy atom. The van der Waals surface area contributed by atoms with Gasteiger partial charge in [0.25, 0.3) is 0 Å². The molecule has 0 unspecified atom stereocenters. The fraction of sp³-hybridized carbons (Fsp3) is 0.300. The van der Waals surface area contributed by atoms with Gasteiger partial charge in [-0.15, -0.1) is 0 Å². The number of hydrogen-bond acceptors (Lipinski definition) is 5. The van der Waals surface area contributed by atoms with Crippen LogP contribution in [0.3, 0.4) is 0 Å². The van der Waals surface area contributed by atoms with Gasteiger partial charge in [0.05, 0.1) is 13.2 Å². The SMILES string of the molecule is CCOC(=O)c1ccc(C)cc1OCC.Cc1ccc(C(=O)O)c(O)c1. The lowest BCUT2D eigenvalue weighted by Crippen LogP contribution is -2.07. The molecule has 6 heteroatoms. The number of aromatic carboxylic acids is 1. The summed E-state index contributed by atoms with van der Waals surface area (Å²) in [5, 5.41) is 17.6. The van der Waals surface area contributed by atoms with E-state index in [2.05, 4.69) is 0 Å². The highest BCUT2D eigenvalue weighted by atomic mass is 16.5. The maximum Gasteiger partial charge on any atom is 0.341 e. The quantitative estimate of drug-likeness (QED) is 0.784. The van der Waals surface area contributed by atoms with Crippen molar-refractivity contribution >= 4 is 11.9 Å². The Balaban J connectivity index is 0.000000273. The van der Waals surface area contributed by atoms with E-state index < -0.39 is 5.97 Å². The average molecular weight is 360 g/mol. The fourth-order valence-electron chi connectivity index (χ4n) is 2.10. The molecule has 0 saturated heterocycles. The number of hydrogen-bond donors (Lipinski definition) is 2. The fourth-order valence-corrected chi connectivity index (χ4v) is 2.10. The topological polar surface area (TPSA) is 93.1 Å². The summed E-state index contributed by atoms with van der Waals surface area (Å²) in [5.41, 5.74) is 2.33. The number of ether oxygens (including phenoxy) is 2. The van der Waals surface area contributed by atoms with Crippen LogP contribution in [0.1, 0.15) is 45.7 Å². The number of phenols is 1. The van der Waals surface area contributed by atoms with Crippen molar-refractivity contribution in [2.24, 2.45) is 0 Å². The van der Waals surface area contributed by atoms with Gasteiger partial charge in [-0.05, 0) is 63.1 Å². The van der Waals surface area contributed by atoms with Crippen LogP contribution in [0.4, 0.5) is 0 Å². The van der Waals surface area contributed by atoms with Crippen LogP contribution in [-0.4, -0.2) is 35.4 Å². The third-order valence-corrected chi connectivity index (χ3v) is 3.32. The summed E-state index contributed by atoms with van der Waals surface area (Å²) in [6, 6.07) is 9.89. The van der Waals surface area contributed by atoms with E-state index in [1.54, 1.807) is 26.0 Å². The van der Waals surface area contributed by atoms with Crippen molar-refractivity contribution in [2.75, 3.05) is 13.2 Å². The van der Waals surface area contributed by atoms with Gasteiger partial charge in [0.15, 0.2) is 0 Å². The molecule has 0 fully saturated rings. The lowest BCUT2D eigenvalue weighted by Gasteiger charge is -2.09. The van der Waals surface area contributed by atoms with E-state index in [9.17, 15) is 9.59 Å². The van der Waals surface area contributed by atoms with Crippen molar-refractivity contribution in [3.05, 3.63) is 58.7 Å². The number of esters is 1. The molecular weight excluding hydrogens is 336 g/mol. The van der Waals surface area contributed by atoms with E-state index in [4.69, 9.17) is 19.7 Å². The van der Waals surface area contributed by atoms with Gasteiger partial charge in [-0.25, -0.2) is 9.59 Å². The number of benzene rings is 2.